The first-order valence-electron chi connectivity index (χ1n) is 7.61. The maximum absolute atomic E-state index is 12.8. The zero-order chi connectivity index (χ0) is 19.1. The molecule has 0 saturated heterocycles. The minimum atomic E-state index is -4.38. The summed E-state index contributed by atoms with van der Waals surface area (Å²) in [4.78, 5) is 4.54. The molecule has 0 aliphatic heterocycles. The highest BCUT2D eigenvalue weighted by Crippen LogP contribution is 2.40. The van der Waals surface area contributed by atoms with E-state index in [-0.39, 0.29) is 11.1 Å². The molecule has 0 aliphatic carbocycles. The van der Waals surface area contributed by atoms with E-state index < -0.39 is 11.7 Å². The van der Waals surface area contributed by atoms with Crippen molar-refractivity contribution in [3.8, 4) is 22.3 Å². The van der Waals surface area contributed by atoms with Gasteiger partial charge >= 0.3 is 6.18 Å². The molecule has 0 atom stereocenters. The van der Waals surface area contributed by atoms with E-state index in [2.05, 4.69) is 17.0 Å². The number of aromatic nitrogens is 3. The lowest BCUT2D eigenvalue weighted by atomic mass is 10.1. The number of halogens is 3. The van der Waals surface area contributed by atoms with Crippen LogP contribution in [0.1, 0.15) is 25.1 Å². The molecule has 1 N–H and O–H groups in total. The third-order valence-corrected chi connectivity index (χ3v) is 5.61. The van der Waals surface area contributed by atoms with Crippen LogP contribution in [0.15, 0.2) is 34.5 Å². The van der Waals surface area contributed by atoms with Gasteiger partial charge in [0, 0.05) is 16.9 Å². The van der Waals surface area contributed by atoms with Crippen molar-refractivity contribution in [1.82, 2.24) is 14.8 Å². The number of aromatic hydroxyl groups is 1. The van der Waals surface area contributed by atoms with E-state index in [1.807, 2.05) is 13.8 Å². The van der Waals surface area contributed by atoms with Gasteiger partial charge in [-0.15, -0.1) is 16.9 Å². The highest BCUT2D eigenvalue weighted by Gasteiger charge is 2.30. The van der Waals surface area contributed by atoms with Gasteiger partial charge in [-0.1, -0.05) is 37.3 Å². The number of thiazole rings is 1. The molecule has 0 aliphatic rings. The summed E-state index contributed by atoms with van der Waals surface area (Å²) in [6.45, 7) is 7.85. The smallest absolute Gasteiger partial charge is 0.416 e. The second-order valence-electron chi connectivity index (χ2n) is 5.78. The molecule has 1 radical (unpaired) electrons. The molecule has 2 aromatic heterocycles. The van der Waals surface area contributed by atoms with Gasteiger partial charge in [-0.25, -0.2) is 9.67 Å². The minimum absolute atomic E-state index is 0.167. The van der Waals surface area contributed by atoms with Gasteiger partial charge in [0.15, 0.2) is 0 Å². The van der Waals surface area contributed by atoms with Crippen LogP contribution in [0.25, 0.3) is 16.4 Å². The Morgan fingerprint density at radius 3 is 2.38 bits per heavy atom. The van der Waals surface area contributed by atoms with Crippen molar-refractivity contribution in [3.63, 3.8) is 0 Å². The van der Waals surface area contributed by atoms with Gasteiger partial charge in [0.2, 0.25) is 11.0 Å². The molecule has 1 aromatic carbocycles. The maximum atomic E-state index is 12.8. The maximum Gasteiger partial charge on any atom is 0.416 e. The van der Waals surface area contributed by atoms with Gasteiger partial charge in [0.25, 0.3) is 0 Å². The fourth-order valence-electron chi connectivity index (χ4n) is 2.25. The molecular weight excluding hydrogens is 383 g/mol. The Kier molecular flexibility index (Phi) is 5.03. The van der Waals surface area contributed by atoms with Crippen molar-refractivity contribution in [2.45, 2.75) is 29.5 Å². The summed E-state index contributed by atoms with van der Waals surface area (Å²) >= 11 is 2.92. The average molecular weight is 398 g/mol. The molecule has 4 nitrogen and oxygen atoms in total. The van der Waals surface area contributed by atoms with Crippen molar-refractivity contribution in [2.24, 2.45) is 0 Å². The Morgan fingerprint density at radius 1 is 1.23 bits per heavy atom. The molecule has 0 spiro atoms. The van der Waals surface area contributed by atoms with Crippen molar-refractivity contribution < 1.29 is 18.3 Å². The molecule has 0 amide bonds. The number of hydrogen-bond acceptors (Lipinski definition) is 5. The Balaban J connectivity index is 2.06. The summed E-state index contributed by atoms with van der Waals surface area (Å²) < 4.78 is 40.6. The molecule has 3 aromatic rings. The van der Waals surface area contributed by atoms with Crippen LogP contribution >= 0.6 is 23.1 Å². The molecule has 0 bridgehead atoms. The molecule has 0 fully saturated rings. The molecule has 9 heteroatoms. The zero-order valence-electron chi connectivity index (χ0n) is 13.9. The number of nitrogens with zero attached hydrogens (tertiary/aromatic N) is 3. The van der Waals surface area contributed by atoms with Crippen LogP contribution in [0.2, 0.25) is 0 Å². The van der Waals surface area contributed by atoms with E-state index in [4.69, 9.17) is 0 Å². The van der Waals surface area contributed by atoms with Gasteiger partial charge in [-0.05, 0) is 19.1 Å². The van der Waals surface area contributed by atoms with Crippen LogP contribution in [0.4, 0.5) is 13.2 Å². The van der Waals surface area contributed by atoms with E-state index in [0.717, 1.165) is 16.3 Å². The molecule has 26 heavy (non-hydrogen) atoms. The highest BCUT2D eigenvalue weighted by atomic mass is 32.2. The monoisotopic (exact) mass is 398 g/mol. The van der Waals surface area contributed by atoms with Crippen LogP contribution in [0.5, 0.6) is 5.88 Å². The van der Waals surface area contributed by atoms with E-state index in [1.54, 1.807) is 11.8 Å². The van der Waals surface area contributed by atoms with Crippen molar-refractivity contribution in [3.05, 3.63) is 48.5 Å². The third kappa shape index (κ3) is 3.88. The lowest BCUT2D eigenvalue weighted by Gasteiger charge is -2.08. The third-order valence-electron chi connectivity index (χ3n) is 3.36. The predicted octanol–water partition coefficient (Wildman–Crippen LogP) is 5.40. The summed E-state index contributed by atoms with van der Waals surface area (Å²) in [5.74, 6) is -0.167. The van der Waals surface area contributed by atoms with Crippen LogP contribution in [-0.4, -0.2) is 25.1 Å². The first-order chi connectivity index (χ1) is 12.1. The molecular formula is C17H15F3N3OS2. The lowest BCUT2D eigenvalue weighted by Crippen LogP contribution is -2.04. The quantitative estimate of drug-likeness (QED) is 0.598. The highest BCUT2D eigenvalue weighted by molar-refractivity contribution is 8.01. The summed E-state index contributed by atoms with van der Waals surface area (Å²) in [6, 6.07) is 6.33. The van der Waals surface area contributed by atoms with Crippen molar-refractivity contribution in [2.75, 3.05) is 0 Å². The number of hydrogen-bond donors (Lipinski definition) is 1. The first kappa shape index (κ1) is 18.8. The van der Waals surface area contributed by atoms with Gasteiger partial charge in [-0.3, -0.25) is 0 Å². The van der Waals surface area contributed by atoms with E-state index in [9.17, 15) is 18.3 Å². The fraction of sp³-hybridized carbons (Fsp3) is 0.235. The second kappa shape index (κ2) is 6.96. The van der Waals surface area contributed by atoms with Gasteiger partial charge < -0.3 is 5.11 Å². The number of benzene rings is 1. The number of thioether (sulfide) groups is 1. The number of alkyl halides is 3. The molecule has 3 rings (SSSR count). The van der Waals surface area contributed by atoms with E-state index >= 15 is 0 Å². The molecule has 0 unspecified atom stereocenters. The Labute approximate surface area is 156 Å². The van der Waals surface area contributed by atoms with E-state index in [0.29, 0.717) is 22.1 Å². The van der Waals surface area contributed by atoms with Crippen LogP contribution < -0.4 is 0 Å². The predicted molar refractivity (Wildman–Crippen MR) is 96.8 cm³/mol. The SMILES string of the molecule is [CH2]c1cc(O)nn1-c1nc(-c2ccc(C(F)(F)F)cc2)c(SC(C)C)s1. The van der Waals surface area contributed by atoms with Gasteiger partial charge in [0.1, 0.15) is 0 Å². The summed E-state index contributed by atoms with van der Waals surface area (Å²) in [5.41, 5.74) is 0.945. The van der Waals surface area contributed by atoms with Crippen LogP contribution in [-0.2, 0) is 6.18 Å². The lowest BCUT2D eigenvalue weighted by molar-refractivity contribution is -0.137. The Morgan fingerprint density at radius 2 is 1.88 bits per heavy atom. The normalized spacial score (nSPS) is 12.1. The minimum Gasteiger partial charge on any atom is -0.492 e. The largest absolute Gasteiger partial charge is 0.492 e. The second-order valence-corrected chi connectivity index (χ2v) is 8.60. The van der Waals surface area contributed by atoms with Gasteiger partial charge in [-0.2, -0.15) is 13.2 Å². The average Bonchev–Trinajstić information content (AvgIpc) is 3.09. The summed E-state index contributed by atoms with van der Waals surface area (Å²) in [5, 5.41) is 14.2. The van der Waals surface area contributed by atoms with Gasteiger partial charge in [0.05, 0.1) is 21.2 Å². The summed E-state index contributed by atoms with van der Waals surface area (Å²) in [7, 11) is 0. The molecule has 0 saturated carbocycles. The number of rotatable bonds is 4. The fourth-order valence-corrected chi connectivity index (χ4v) is 4.75. The molecule has 2 heterocycles. The van der Waals surface area contributed by atoms with Crippen molar-refractivity contribution >= 4 is 23.1 Å². The molecule has 137 valence electrons. The van der Waals surface area contributed by atoms with Crippen LogP contribution in [0.3, 0.4) is 0 Å². The standard InChI is InChI=1S/C17H15F3N3OS2/c1-9(2)25-15-14(11-4-6-12(7-5-11)17(18,19)20)21-16(26-15)23-10(3)8-13(24)22-23/h4-9H,3H2,1-2H3,(H,22,24). The summed E-state index contributed by atoms with van der Waals surface area (Å²) in [6.07, 6.45) is -4.38. The zero-order valence-corrected chi connectivity index (χ0v) is 15.5. The first-order valence-corrected chi connectivity index (χ1v) is 9.31. The van der Waals surface area contributed by atoms with Crippen molar-refractivity contribution in [1.29, 1.82) is 0 Å². The van der Waals surface area contributed by atoms with E-state index in [1.165, 1.54) is 34.2 Å². The Bertz CT molecular complexity index is 914. The topological polar surface area (TPSA) is 50.9 Å². The van der Waals surface area contributed by atoms with Crippen LogP contribution in [0, 0.1) is 6.92 Å². The Hall–Kier alpha value is -2.00.